The summed E-state index contributed by atoms with van der Waals surface area (Å²) < 4.78 is 6.88. The van der Waals surface area contributed by atoms with Crippen molar-refractivity contribution in [1.82, 2.24) is 9.78 Å². The molecule has 0 atom stereocenters. The fourth-order valence-corrected chi connectivity index (χ4v) is 2.05. The molecule has 1 heterocycles. The van der Waals surface area contributed by atoms with Crippen molar-refractivity contribution in [2.75, 3.05) is 18.2 Å². The summed E-state index contributed by atoms with van der Waals surface area (Å²) in [7, 11) is 1.54. The number of hydrogen-bond donors (Lipinski definition) is 2. The first kappa shape index (κ1) is 15.2. The SMILES string of the molecule is COc1ccc(N)cc1NC(=O)CCCn1cc(Cl)cn1. The number of methoxy groups -OCH3 is 1. The highest BCUT2D eigenvalue weighted by Gasteiger charge is 2.08. The molecule has 0 radical (unpaired) electrons. The number of nitrogen functional groups attached to an aromatic ring is 1. The third-order valence-electron chi connectivity index (χ3n) is 2.89. The number of anilines is 2. The summed E-state index contributed by atoms with van der Waals surface area (Å²) >= 11 is 5.77. The summed E-state index contributed by atoms with van der Waals surface area (Å²) in [6.45, 7) is 0.633. The predicted octanol–water partition coefficient (Wildman–Crippen LogP) is 2.55. The molecule has 0 aliphatic carbocycles. The van der Waals surface area contributed by atoms with Crippen LogP contribution in [0.3, 0.4) is 0 Å². The summed E-state index contributed by atoms with van der Waals surface area (Å²) in [5.74, 6) is 0.480. The van der Waals surface area contributed by atoms with Crippen LogP contribution in [0, 0.1) is 0 Å². The lowest BCUT2D eigenvalue weighted by molar-refractivity contribution is -0.116. The molecule has 0 bridgehead atoms. The van der Waals surface area contributed by atoms with Crippen LogP contribution in [0.5, 0.6) is 5.75 Å². The van der Waals surface area contributed by atoms with E-state index in [0.717, 1.165) is 0 Å². The van der Waals surface area contributed by atoms with Crippen molar-refractivity contribution in [2.24, 2.45) is 0 Å². The van der Waals surface area contributed by atoms with E-state index >= 15 is 0 Å². The molecule has 1 aromatic carbocycles. The highest BCUT2D eigenvalue weighted by atomic mass is 35.5. The maximum absolute atomic E-state index is 11.9. The van der Waals surface area contributed by atoms with Gasteiger partial charge in [-0.05, 0) is 24.6 Å². The van der Waals surface area contributed by atoms with Gasteiger partial charge < -0.3 is 15.8 Å². The second kappa shape index (κ2) is 6.99. The van der Waals surface area contributed by atoms with Crippen LogP contribution in [0.1, 0.15) is 12.8 Å². The molecular formula is C14H17ClN4O2. The monoisotopic (exact) mass is 308 g/mol. The van der Waals surface area contributed by atoms with E-state index in [2.05, 4.69) is 10.4 Å². The zero-order chi connectivity index (χ0) is 15.2. The Hall–Kier alpha value is -2.21. The molecule has 0 aliphatic rings. The Balaban J connectivity index is 1.85. The van der Waals surface area contributed by atoms with Gasteiger partial charge in [0.2, 0.25) is 5.91 Å². The number of aromatic nitrogens is 2. The maximum Gasteiger partial charge on any atom is 0.224 e. The van der Waals surface area contributed by atoms with E-state index < -0.39 is 0 Å². The first-order valence-electron chi connectivity index (χ1n) is 6.50. The Labute approximate surface area is 127 Å². The van der Waals surface area contributed by atoms with Crippen LogP contribution < -0.4 is 15.8 Å². The van der Waals surface area contributed by atoms with Gasteiger partial charge in [-0.15, -0.1) is 0 Å². The molecule has 21 heavy (non-hydrogen) atoms. The fourth-order valence-electron chi connectivity index (χ4n) is 1.90. The molecular weight excluding hydrogens is 292 g/mol. The Morgan fingerprint density at radius 2 is 2.33 bits per heavy atom. The summed E-state index contributed by atoms with van der Waals surface area (Å²) in [6.07, 6.45) is 4.32. The van der Waals surface area contributed by atoms with Gasteiger partial charge in [0.15, 0.2) is 0 Å². The summed E-state index contributed by atoms with van der Waals surface area (Å²) in [6, 6.07) is 5.11. The molecule has 112 valence electrons. The third kappa shape index (κ3) is 4.39. The molecule has 6 nitrogen and oxygen atoms in total. The quantitative estimate of drug-likeness (QED) is 0.803. The molecule has 0 saturated carbocycles. The topological polar surface area (TPSA) is 82.2 Å². The van der Waals surface area contributed by atoms with Gasteiger partial charge >= 0.3 is 0 Å². The van der Waals surface area contributed by atoms with E-state index in [0.29, 0.717) is 41.5 Å². The number of rotatable bonds is 6. The molecule has 1 amide bonds. The molecule has 1 aromatic heterocycles. The van der Waals surface area contributed by atoms with Crippen LogP contribution in [-0.4, -0.2) is 22.8 Å². The van der Waals surface area contributed by atoms with E-state index in [1.807, 2.05) is 0 Å². The van der Waals surface area contributed by atoms with Crippen molar-refractivity contribution >= 4 is 28.9 Å². The van der Waals surface area contributed by atoms with Gasteiger partial charge in [0.25, 0.3) is 0 Å². The lowest BCUT2D eigenvalue weighted by Crippen LogP contribution is -2.13. The highest BCUT2D eigenvalue weighted by Crippen LogP contribution is 2.26. The minimum atomic E-state index is -0.0999. The number of ether oxygens (including phenoxy) is 1. The minimum Gasteiger partial charge on any atom is -0.495 e. The molecule has 3 N–H and O–H groups in total. The molecule has 0 spiro atoms. The van der Waals surface area contributed by atoms with Gasteiger partial charge in [-0.25, -0.2) is 0 Å². The van der Waals surface area contributed by atoms with E-state index in [9.17, 15) is 4.79 Å². The molecule has 7 heteroatoms. The van der Waals surface area contributed by atoms with Crippen molar-refractivity contribution in [3.63, 3.8) is 0 Å². The number of nitrogens with two attached hydrogens (primary N) is 1. The number of nitrogens with zero attached hydrogens (tertiary/aromatic N) is 2. The Bertz CT molecular complexity index is 627. The lowest BCUT2D eigenvalue weighted by Gasteiger charge is -2.10. The maximum atomic E-state index is 11.9. The molecule has 2 rings (SSSR count). The summed E-state index contributed by atoms with van der Waals surface area (Å²) in [5, 5.41) is 7.43. The van der Waals surface area contributed by atoms with Crippen LogP contribution in [0.4, 0.5) is 11.4 Å². The van der Waals surface area contributed by atoms with Gasteiger partial charge in [0.05, 0.1) is 24.0 Å². The highest BCUT2D eigenvalue weighted by molar-refractivity contribution is 6.30. The van der Waals surface area contributed by atoms with Crippen LogP contribution in [0.2, 0.25) is 5.02 Å². The van der Waals surface area contributed by atoms with Crippen LogP contribution >= 0.6 is 11.6 Å². The average Bonchev–Trinajstić information content (AvgIpc) is 2.85. The van der Waals surface area contributed by atoms with E-state index in [1.165, 1.54) is 0 Å². The Morgan fingerprint density at radius 1 is 1.52 bits per heavy atom. The van der Waals surface area contributed by atoms with Crippen molar-refractivity contribution < 1.29 is 9.53 Å². The second-order valence-corrected chi connectivity index (χ2v) is 4.97. The number of aryl methyl sites for hydroxylation is 1. The number of carbonyl (C=O) groups is 1. The predicted molar refractivity (Wildman–Crippen MR) is 82.5 cm³/mol. The molecule has 0 saturated heterocycles. The third-order valence-corrected chi connectivity index (χ3v) is 3.09. The number of amides is 1. The summed E-state index contributed by atoms with van der Waals surface area (Å²) in [4.78, 5) is 11.9. The smallest absolute Gasteiger partial charge is 0.224 e. The van der Waals surface area contributed by atoms with Crippen molar-refractivity contribution in [3.05, 3.63) is 35.6 Å². The average molecular weight is 309 g/mol. The number of nitrogens with one attached hydrogen (secondary N) is 1. The zero-order valence-electron chi connectivity index (χ0n) is 11.7. The Kier molecular flexibility index (Phi) is 5.05. The van der Waals surface area contributed by atoms with Gasteiger partial charge in [-0.3, -0.25) is 9.48 Å². The van der Waals surface area contributed by atoms with Crippen molar-refractivity contribution in [1.29, 1.82) is 0 Å². The first-order chi connectivity index (χ1) is 10.1. The van der Waals surface area contributed by atoms with E-state index in [1.54, 1.807) is 42.4 Å². The van der Waals surface area contributed by atoms with Gasteiger partial charge in [0, 0.05) is 24.8 Å². The van der Waals surface area contributed by atoms with E-state index in [-0.39, 0.29) is 5.91 Å². The van der Waals surface area contributed by atoms with Gasteiger partial charge in [0.1, 0.15) is 5.75 Å². The number of benzene rings is 1. The fraction of sp³-hybridized carbons (Fsp3) is 0.286. The normalized spacial score (nSPS) is 10.4. The standard InChI is InChI=1S/C14H17ClN4O2/c1-21-13-5-4-11(16)7-12(13)18-14(20)3-2-6-19-9-10(15)8-17-19/h4-5,7-9H,2-3,6,16H2,1H3,(H,18,20). The van der Waals surface area contributed by atoms with Crippen LogP contribution in [0.25, 0.3) is 0 Å². The van der Waals surface area contributed by atoms with Gasteiger partial charge in [-0.2, -0.15) is 5.10 Å². The summed E-state index contributed by atoms with van der Waals surface area (Å²) in [5.41, 5.74) is 6.85. The number of hydrogen-bond acceptors (Lipinski definition) is 4. The zero-order valence-corrected chi connectivity index (χ0v) is 12.4. The van der Waals surface area contributed by atoms with Crippen molar-refractivity contribution in [2.45, 2.75) is 19.4 Å². The van der Waals surface area contributed by atoms with Crippen LogP contribution in [0.15, 0.2) is 30.6 Å². The van der Waals surface area contributed by atoms with Crippen molar-refractivity contribution in [3.8, 4) is 5.75 Å². The number of carbonyl (C=O) groups excluding carboxylic acids is 1. The molecule has 0 unspecified atom stereocenters. The largest absolute Gasteiger partial charge is 0.495 e. The number of halogens is 1. The molecule has 0 aliphatic heterocycles. The molecule has 0 fully saturated rings. The minimum absolute atomic E-state index is 0.0999. The second-order valence-electron chi connectivity index (χ2n) is 4.53. The first-order valence-corrected chi connectivity index (χ1v) is 6.87. The van der Waals surface area contributed by atoms with Crippen LogP contribution in [-0.2, 0) is 11.3 Å². The lowest BCUT2D eigenvalue weighted by atomic mass is 10.2. The van der Waals surface area contributed by atoms with E-state index in [4.69, 9.17) is 22.1 Å². The van der Waals surface area contributed by atoms with Gasteiger partial charge in [-0.1, -0.05) is 11.6 Å². The Morgan fingerprint density at radius 3 is 3.00 bits per heavy atom. The molecule has 2 aromatic rings.